The minimum absolute atomic E-state index is 0.438. The highest BCUT2D eigenvalue weighted by atomic mass is 32.2. The van der Waals surface area contributed by atoms with Crippen molar-refractivity contribution in [3.05, 3.63) is 18.2 Å². The van der Waals surface area contributed by atoms with Gasteiger partial charge in [-0.25, -0.2) is 4.98 Å². The van der Waals surface area contributed by atoms with Gasteiger partial charge in [0.1, 0.15) is 10.8 Å². The van der Waals surface area contributed by atoms with Crippen molar-refractivity contribution in [3.8, 4) is 0 Å². The Kier molecular flexibility index (Phi) is 5.22. The Labute approximate surface area is 146 Å². The molecule has 2 N–H and O–H groups in total. The molecule has 1 aromatic heterocycles. The van der Waals surface area contributed by atoms with Crippen molar-refractivity contribution in [1.29, 1.82) is 0 Å². The highest BCUT2D eigenvalue weighted by Crippen LogP contribution is 2.37. The van der Waals surface area contributed by atoms with Crippen molar-refractivity contribution in [2.24, 2.45) is 0 Å². The molecule has 0 saturated carbocycles. The largest absolute Gasteiger partial charge is 0.481 e. The van der Waals surface area contributed by atoms with E-state index in [2.05, 4.69) is 9.88 Å². The lowest BCUT2D eigenvalue weighted by Gasteiger charge is -2.28. The molecule has 7 nitrogen and oxygen atoms in total. The summed E-state index contributed by atoms with van der Waals surface area (Å²) in [4.78, 5) is 28.8. The maximum absolute atomic E-state index is 11.2. The predicted molar refractivity (Wildman–Crippen MR) is 92.2 cm³/mol. The van der Waals surface area contributed by atoms with Crippen molar-refractivity contribution in [2.45, 2.75) is 16.0 Å². The number of carbonyl (C=O) groups is 2. The first-order chi connectivity index (χ1) is 11.5. The van der Waals surface area contributed by atoms with Crippen molar-refractivity contribution in [1.82, 2.24) is 4.98 Å². The van der Waals surface area contributed by atoms with E-state index in [1.807, 2.05) is 18.2 Å². The van der Waals surface area contributed by atoms with Gasteiger partial charge < -0.3 is 19.8 Å². The van der Waals surface area contributed by atoms with E-state index in [0.717, 1.165) is 40.8 Å². The van der Waals surface area contributed by atoms with Crippen LogP contribution in [0.1, 0.15) is 6.42 Å². The molecule has 0 aliphatic carbocycles. The van der Waals surface area contributed by atoms with Crippen LogP contribution in [0.5, 0.6) is 0 Å². The molecule has 0 bridgehead atoms. The molecule has 0 amide bonds. The number of rotatable bonds is 6. The van der Waals surface area contributed by atoms with Gasteiger partial charge in [-0.1, -0.05) is 17.8 Å². The van der Waals surface area contributed by atoms with Gasteiger partial charge >= 0.3 is 11.9 Å². The number of aromatic nitrogens is 1. The molecule has 1 unspecified atom stereocenters. The fourth-order valence-electron chi connectivity index (χ4n) is 2.48. The molecule has 0 spiro atoms. The average molecular weight is 368 g/mol. The molecule has 128 valence electrons. The van der Waals surface area contributed by atoms with Gasteiger partial charge in [0.15, 0.2) is 4.34 Å². The molecule has 1 saturated heterocycles. The Morgan fingerprint density at radius 2 is 2.08 bits per heavy atom. The number of thiazole rings is 1. The van der Waals surface area contributed by atoms with E-state index in [9.17, 15) is 14.7 Å². The van der Waals surface area contributed by atoms with Crippen molar-refractivity contribution >= 4 is 50.9 Å². The molecule has 1 aliphatic rings. The first-order valence-corrected chi connectivity index (χ1v) is 9.07. The second-order valence-corrected chi connectivity index (χ2v) is 7.73. The molecule has 9 heteroatoms. The lowest BCUT2D eigenvalue weighted by atomic mass is 10.2. The third-order valence-corrected chi connectivity index (χ3v) is 5.91. The van der Waals surface area contributed by atoms with Crippen LogP contribution in [0.4, 0.5) is 5.69 Å². The van der Waals surface area contributed by atoms with Gasteiger partial charge in [0.05, 0.1) is 30.0 Å². The standard InChI is InChI=1S/C15H16N2O5S2/c18-12(19)8-11(14(20)21)24-15-16-13-9(2-1-3-10(13)23-15)17-4-6-22-7-5-17/h1-3,11H,4-8H2,(H,18,19)(H,20,21). The fraction of sp³-hybridized carbons (Fsp3) is 0.400. The highest BCUT2D eigenvalue weighted by molar-refractivity contribution is 8.02. The van der Waals surface area contributed by atoms with Crippen LogP contribution in [0.2, 0.25) is 0 Å². The average Bonchev–Trinajstić information content (AvgIpc) is 2.97. The lowest BCUT2D eigenvalue weighted by molar-refractivity contribution is -0.142. The third kappa shape index (κ3) is 3.80. The summed E-state index contributed by atoms with van der Waals surface area (Å²) in [6.07, 6.45) is -0.438. The Morgan fingerprint density at radius 3 is 2.75 bits per heavy atom. The summed E-state index contributed by atoms with van der Waals surface area (Å²) in [6, 6.07) is 5.88. The normalized spacial score (nSPS) is 16.2. The van der Waals surface area contributed by atoms with Gasteiger partial charge in [-0.05, 0) is 12.1 Å². The summed E-state index contributed by atoms with van der Waals surface area (Å²) in [5, 5.41) is 17.0. The number of carboxylic acids is 2. The van der Waals surface area contributed by atoms with E-state index in [1.54, 1.807) is 0 Å². The first kappa shape index (κ1) is 17.0. The number of carboxylic acid groups (broad SMARTS) is 2. The number of morpholine rings is 1. The van der Waals surface area contributed by atoms with Gasteiger partial charge in [-0.3, -0.25) is 9.59 Å². The number of fused-ring (bicyclic) bond motifs is 1. The molecule has 24 heavy (non-hydrogen) atoms. The number of benzene rings is 1. The zero-order chi connectivity index (χ0) is 17.1. The van der Waals surface area contributed by atoms with Gasteiger partial charge in [0.2, 0.25) is 0 Å². The number of anilines is 1. The molecule has 1 fully saturated rings. The van der Waals surface area contributed by atoms with Crippen LogP contribution in [0.15, 0.2) is 22.5 Å². The molecule has 2 aromatic rings. The maximum Gasteiger partial charge on any atom is 0.317 e. The van der Waals surface area contributed by atoms with E-state index in [4.69, 9.17) is 9.84 Å². The molecule has 1 aromatic carbocycles. The summed E-state index contributed by atoms with van der Waals surface area (Å²) in [6.45, 7) is 2.91. The Hall–Kier alpha value is -1.84. The van der Waals surface area contributed by atoms with Crippen molar-refractivity contribution in [3.63, 3.8) is 0 Å². The van der Waals surface area contributed by atoms with Crippen LogP contribution in [-0.2, 0) is 14.3 Å². The summed E-state index contributed by atoms with van der Waals surface area (Å²) in [5.41, 5.74) is 1.83. The zero-order valence-corrected chi connectivity index (χ0v) is 14.3. The SMILES string of the molecule is O=C(O)CC(Sc1nc2c(N3CCOCC3)cccc2s1)C(=O)O. The van der Waals surface area contributed by atoms with Crippen LogP contribution in [0, 0.1) is 0 Å². The summed E-state index contributed by atoms with van der Waals surface area (Å²) in [5.74, 6) is -2.28. The molecule has 3 rings (SSSR count). The topological polar surface area (TPSA) is 100.0 Å². The monoisotopic (exact) mass is 368 g/mol. The Balaban J connectivity index is 1.87. The first-order valence-electron chi connectivity index (χ1n) is 7.38. The van der Waals surface area contributed by atoms with Crippen LogP contribution in [-0.4, -0.2) is 58.7 Å². The van der Waals surface area contributed by atoms with Gasteiger partial charge in [0, 0.05) is 13.1 Å². The Morgan fingerprint density at radius 1 is 1.33 bits per heavy atom. The minimum atomic E-state index is -1.14. The van der Waals surface area contributed by atoms with Gasteiger partial charge in [-0.2, -0.15) is 0 Å². The van der Waals surface area contributed by atoms with Crippen molar-refractivity contribution < 1.29 is 24.5 Å². The smallest absolute Gasteiger partial charge is 0.317 e. The molecule has 1 aliphatic heterocycles. The minimum Gasteiger partial charge on any atom is -0.481 e. The number of aliphatic carboxylic acids is 2. The van der Waals surface area contributed by atoms with Gasteiger partial charge in [0.25, 0.3) is 0 Å². The van der Waals surface area contributed by atoms with E-state index in [1.165, 1.54) is 11.3 Å². The summed E-state index contributed by atoms with van der Waals surface area (Å²) in [7, 11) is 0. The quantitative estimate of drug-likeness (QED) is 0.748. The van der Waals surface area contributed by atoms with Crippen molar-refractivity contribution in [2.75, 3.05) is 31.2 Å². The van der Waals surface area contributed by atoms with E-state index >= 15 is 0 Å². The molecule has 1 atom stereocenters. The number of hydrogen-bond acceptors (Lipinski definition) is 7. The molecular formula is C15H16N2O5S2. The third-order valence-electron chi connectivity index (χ3n) is 3.61. The molecular weight excluding hydrogens is 352 g/mol. The number of ether oxygens (including phenoxy) is 1. The number of para-hydroxylation sites is 1. The fourth-order valence-corrected chi connectivity index (χ4v) is 4.73. The Bertz CT molecular complexity index is 757. The predicted octanol–water partition coefficient (Wildman–Crippen LogP) is 2.15. The molecule has 2 heterocycles. The lowest BCUT2D eigenvalue weighted by Crippen LogP contribution is -2.36. The zero-order valence-electron chi connectivity index (χ0n) is 12.7. The maximum atomic E-state index is 11.2. The summed E-state index contributed by atoms with van der Waals surface area (Å²) >= 11 is 2.38. The van der Waals surface area contributed by atoms with Crippen LogP contribution in [0.25, 0.3) is 10.2 Å². The van der Waals surface area contributed by atoms with E-state index in [-0.39, 0.29) is 0 Å². The van der Waals surface area contributed by atoms with E-state index in [0.29, 0.717) is 17.6 Å². The highest BCUT2D eigenvalue weighted by Gasteiger charge is 2.25. The second kappa shape index (κ2) is 7.37. The second-order valence-electron chi connectivity index (χ2n) is 5.25. The molecule has 0 radical (unpaired) electrons. The van der Waals surface area contributed by atoms with Crippen LogP contribution >= 0.6 is 23.1 Å². The van der Waals surface area contributed by atoms with Crippen LogP contribution < -0.4 is 4.90 Å². The van der Waals surface area contributed by atoms with Gasteiger partial charge in [-0.15, -0.1) is 11.3 Å². The number of thioether (sulfide) groups is 1. The number of hydrogen-bond donors (Lipinski definition) is 2. The van der Waals surface area contributed by atoms with E-state index < -0.39 is 23.6 Å². The summed E-state index contributed by atoms with van der Waals surface area (Å²) < 4.78 is 6.90. The number of nitrogens with zero attached hydrogens (tertiary/aromatic N) is 2. The van der Waals surface area contributed by atoms with Crippen LogP contribution in [0.3, 0.4) is 0 Å².